The number of furan rings is 1. The molecule has 0 saturated heterocycles. The number of halogens is 1. The number of Topliss-reactive ketones (excluding diaryl/α,β-unsaturated/α-hetero) is 1. The van der Waals surface area contributed by atoms with Gasteiger partial charge in [-0.2, -0.15) is 0 Å². The smallest absolute Gasteiger partial charge is 0.162 e. The average molecular weight is 438 g/mol. The molecule has 1 N–H and O–H groups in total. The first-order valence-electron chi connectivity index (χ1n) is 11.3. The summed E-state index contributed by atoms with van der Waals surface area (Å²) in [6.45, 7) is 4.30. The fourth-order valence-corrected chi connectivity index (χ4v) is 5.36. The van der Waals surface area contributed by atoms with Crippen LogP contribution in [0, 0.1) is 11.2 Å². The molecule has 1 unspecified atom stereocenters. The van der Waals surface area contributed by atoms with Crippen molar-refractivity contribution in [1.82, 2.24) is 0 Å². The molecule has 1 aliphatic heterocycles. The van der Waals surface area contributed by atoms with E-state index >= 15 is 0 Å². The van der Waals surface area contributed by atoms with E-state index in [4.69, 9.17) is 4.42 Å². The highest BCUT2D eigenvalue weighted by atomic mass is 19.1. The van der Waals surface area contributed by atoms with Gasteiger partial charge in [0.05, 0.1) is 5.56 Å². The average Bonchev–Trinajstić information content (AvgIpc) is 3.27. The van der Waals surface area contributed by atoms with E-state index in [1.807, 2.05) is 18.2 Å². The number of rotatable bonds is 2. The first kappa shape index (κ1) is 20.0. The monoisotopic (exact) mass is 437 g/mol. The van der Waals surface area contributed by atoms with Crippen molar-refractivity contribution in [2.45, 2.75) is 32.7 Å². The third-order valence-corrected chi connectivity index (χ3v) is 6.79. The molecule has 0 saturated carbocycles. The molecule has 3 aromatic carbocycles. The zero-order valence-corrected chi connectivity index (χ0v) is 18.6. The minimum Gasteiger partial charge on any atom is -0.458 e. The Kier molecular flexibility index (Phi) is 4.34. The molecule has 4 heteroatoms. The van der Waals surface area contributed by atoms with E-state index in [0.717, 1.165) is 39.6 Å². The lowest BCUT2D eigenvalue weighted by Crippen LogP contribution is -2.33. The predicted octanol–water partition coefficient (Wildman–Crippen LogP) is 7.55. The summed E-state index contributed by atoms with van der Waals surface area (Å²) in [5, 5.41) is 5.87. The number of nitrogens with one attached hydrogen (secondary N) is 1. The third-order valence-electron chi connectivity index (χ3n) is 6.79. The molecule has 1 aromatic heterocycles. The highest BCUT2D eigenvalue weighted by molar-refractivity contribution is 6.12. The van der Waals surface area contributed by atoms with Crippen molar-refractivity contribution in [2.75, 3.05) is 5.32 Å². The van der Waals surface area contributed by atoms with E-state index in [1.54, 1.807) is 24.3 Å². The Balaban J connectivity index is 1.54. The molecule has 0 amide bonds. The molecule has 164 valence electrons. The predicted molar refractivity (Wildman–Crippen MR) is 129 cm³/mol. The van der Waals surface area contributed by atoms with Gasteiger partial charge in [0.15, 0.2) is 5.78 Å². The number of fused-ring (bicyclic) bond motifs is 4. The van der Waals surface area contributed by atoms with Crippen LogP contribution in [0.2, 0.25) is 0 Å². The number of benzene rings is 3. The van der Waals surface area contributed by atoms with Gasteiger partial charge in [-0.15, -0.1) is 0 Å². The molecule has 0 bridgehead atoms. The van der Waals surface area contributed by atoms with Gasteiger partial charge < -0.3 is 9.73 Å². The number of hydrogen-bond acceptors (Lipinski definition) is 3. The second-order valence-electron chi connectivity index (χ2n) is 9.80. The molecule has 0 fully saturated rings. The number of ketones is 1. The van der Waals surface area contributed by atoms with E-state index in [2.05, 4.69) is 43.4 Å². The number of carbonyl (C=O) groups is 1. The zero-order valence-electron chi connectivity index (χ0n) is 18.6. The fourth-order valence-electron chi connectivity index (χ4n) is 5.36. The molecule has 3 nitrogen and oxygen atoms in total. The second-order valence-corrected chi connectivity index (χ2v) is 9.80. The van der Waals surface area contributed by atoms with Gasteiger partial charge in [-0.25, -0.2) is 4.39 Å². The number of hydrogen-bond donors (Lipinski definition) is 1. The normalized spacial score (nSPS) is 19.2. The van der Waals surface area contributed by atoms with Crippen molar-refractivity contribution in [3.63, 3.8) is 0 Å². The van der Waals surface area contributed by atoms with Gasteiger partial charge in [0.2, 0.25) is 0 Å². The van der Waals surface area contributed by atoms with Crippen LogP contribution < -0.4 is 5.32 Å². The lowest BCUT2D eigenvalue weighted by Gasteiger charge is -2.39. The molecule has 1 aliphatic carbocycles. The van der Waals surface area contributed by atoms with Crippen LogP contribution in [0.1, 0.15) is 44.1 Å². The Bertz CT molecular complexity index is 1460. The lowest BCUT2D eigenvalue weighted by molar-refractivity contribution is -0.118. The second kappa shape index (κ2) is 7.17. The van der Waals surface area contributed by atoms with Crippen LogP contribution in [0.5, 0.6) is 0 Å². The zero-order chi connectivity index (χ0) is 22.7. The van der Waals surface area contributed by atoms with Crippen molar-refractivity contribution in [2.24, 2.45) is 5.41 Å². The molecular weight excluding hydrogens is 413 g/mol. The van der Waals surface area contributed by atoms with E-state index in [9.17, 15) is 9.18 Å². The fraction of sp³-hybridized carbons (Fsp3) is 0.207. The van der Waals surface area contributed by atoms with Gasteiger partial charge in [0.25, 0.3) is 0 Å². The molecule has 4 aromatic rings. The summed E-state index contributed by atoms with van der Waals surface area (Å²) in [5.41, 5.74) is 4.26. The summed E-state index contributed by atoms with van der Waals surface area (Å²) in [6.07, 6.45) is 1.30. The van der Waals surface area contributed by atoms with Gasteiger partial charge in [-0.1, -0.05) is 56.3 Å². The minimum atomic E-state index is -0.405. The summed E-state index contributed by atoms with van der Waals surface area (Å²) >= 11 is 0. The summed E-state index contributed by atoms with van der Waals surface area (Å²) < 4.78 is 20.5. The van der Waals surface area contributed by atoms with E-state index in [-0.39, 0.29) is 17.0 Å². The van der Waals surface area contributed by atoms with Crippen molar-refractivity contribution in [3.05, 3.63) is 95.5 Å². The van der Waals surface area contributed by atoms with Crippen molar-refractivity contribution in [3.8, 4) is 11.3 Å². The standard InChI is InChI=1S/C29H24FNO2/c1-29(2)15-20-26-18-8-4-3-7-17(18)11-12-22(26)31-28(27(20)23(32)16-29)25-14-13-24(33-25)19-9-5-6-10-21(19)30/h3-14,28,31H,15-16H2,1-2H3. The van der Waals surface area contributed by atoms with Crippen LogP contribution >= 0.6 is 0 Å². The molecule has 1 atom stereocenters. The van der Waals surface area contributed by atoms with Crippen LogP contribution in [0.4, 0.5) is 10.1 Å². The first-order chi connectivity index (χ1) is 15.9. The van der Waals surface area contributed by atoms with E-state index < -0.39 is 6.04 Å². The first-order valence-corrected chi connectivity index (χ1v) is 11.3. The Labute approximate surface area is 191 Å². The van der Waals surface area contributed by atoms with Gasteiger partial charge in [0, 0.05) is 23.2 Å². The van der Waals surface area contributed by atoms with Crippen molar-refractivity contribution in [1.29, 1.82) is 0 Å². The summed E-state index contributed by atoms with van der Waals surface area (Å²) in [4.78, 5) is 13.5. The molecule has 2 aliphatic rings. The quantitative estimate of drug-likeness (QED) is 0.352. The summed E-state index contributed by atoms with van der Waals surface area (Å²) in [7, 11) is 0. The number of anilines is 1. The highest BCUT2D eigenvalue weighted by Gasteiger charge is 2.41. The minimum absolute atomic E-state index is 0.118. The van der Waals surface area contributed by atoms with Gasteiger partial charge in [-0.05, 0) is 58.5 Å². The highest BCUT2D eigenvalue weighted by Crippen LogP contribution is 2.52. The molecule has 0 radical (unpaired) electrons. The van der Waals surface area contributed by atoms with Crippen LogP contribution in [-0.2, 0) is 4.79 Å². The Morgan fingerprint density at radius 2 is 1.73 bits per heavy atom. The maximum atomic E-state index is 14.3. The van der Waals surface area contributed by atoms with Crippen LogP contribution in [-0.4, -0.2) is 5.78 Å². The van der Waals surface area contributed by atoms with E-state index in [0.29, 0.717) is 23.5 Å². The Morgan fingerprint density at radius 3 is 2.58 bits per heavy atom. The maximum absolute atomic E-state index is 14.3. The van der Waals surface area contributed by atoms with Gasteiger partial charge in [-0.3, -0.25) is 4.79 Å². The van der Waals surface area contributed by atoms with E-state index in [1.165, 1.54) is 6.07 Å². The molecule has 2 heterocycles. The Hall–Kier alpha value is -3.66. The largest absolute Gasteiger partial charge is 0.458 e. The topological polar surface area (TPSA) is 42.2 Å². The Morgan fingerprint density at radius 1 is 0.939 bits per heavy atom. The maximum Gasteiger partial charge on any atom is 0.162 e. The van der Waals surface area contributed by atoms with Gasteiger partial charge >= 0.3 is 0 Å². The summed E-state index contributed by atoms with van der Waals surface area (Å²) in [6, 6.07) is 22.3. The number of carbonyl (C=O) groups excluding carboxylic acids is 1. The summed E-state index contributed by atoms with van der Waals surface area (Å²) in [5.74, 6) is 0.885. The lowest BCUT2D eigenvalue weighted by atomic mass is 9.68. The SMILES string of the molecule is CC1(C)CC(=O)C2=C(C1)c1c(ccc3ccccc13)NC2c1ccc(-c2ccccc2F)o1. The number of allylic oxidation sites excluding steroid dienone is 1. The van der Waals surface area contributed by atoms with Crippen molar-refractivity contribution < 1.29 is 13.6 Å². The molecule has 0 spiro atoms. The van der Waals surface area contributed by atoms with Crippen LogP contribution in [0.3, 0.4) is 0 Å². The van der Waals surface area contributed by atoms with Crippen LogP contribution in [0.15, 0.2) is 82.8 Å². The van der Waals surface area contributed by atoms with Crippen LogP contribution in [0.25, 0.3) is 27.7 Å². The molecular formula is C29H24FNO2. The molecule has 6 rings (SSSR count). The van der Waals surface area contributed by atoms with Gasteiger partial charge in [0.1, 0.15) is 23.4 Å². The van der Waals surface area contributed by atoms with Crippen molar-refractivity contribution >= 4 is 27.8 Å². The molecule has 33 heavy (non-hydrogen) atoms. The third kappa shape index (κ3) is 3.20.